The zero-order valence-corrected chi connectivity index (χ0v) is 21.1. The molecule has 1 aromatic heterocycles. The summed E-state index contributed by atoms with van der Waals surface area (Å²) in [6.07, 6.45) is 0. The van der Waals surface area contributed by atoms with Gasteiger partial charge in [0.05, 0.1) is 20.2 Å². The Morgan fingerprint density at radius 2 is 1.68 bits per heavy atom. The SMILES string of the molecule is COc1ccc(CN=C(NCc2nnc(C)n2C)N(C)Cc2ccc(C)cc2)cc1.I. The first kappa shape index (κ1) is 24.6. The van der Waals surface area contributed by atoms with Gasteiger partial charge in [0, 0.05) is 20.6 Å². The molecule has 31 heavy (non-hydrogen) atoms. The molecule has 0 saturated carbocycles. The Labute approximate surface area is 201 Å². The van der Waals surface area contributed by atoms with Crippen molar-refractivity contribution < 1.29 is 4.74 Å². The highest BCUT2D eigenvalue weighted by molar-refractivity contribution is 14.0. The molecule has 0 saturated heterocycles. The first-order valence-electron chi connectivity index (χ1n) is 9.99. The molecule has 0 bridgehead atoms. The van der Waals surface area contributed by atoms with Gasteiger partial charge in [0.25, 0.3) is 0 Å². The first-order chi connectivity index (χ1) is 14.5. The molecule has 0 fully saturated rings. The van der Waals surface area contributed by atoms with Crippen molar-refractivity contribution in [2.75, 3.05) is 14.2 Å². The minimum Gasteiger partial charge on any atom is -0.497 e. The summed E-state index contributed by atoms with van der Waals surface area (Å²) in [6.45, 7) is 5.92. The number of benzene rings is 2. The highest BCUT2D eigenvalue weighted by atomic mass is 127. The fourth-order valence-corrected chi connectivity index (χ4v) is 3.01. The molecule has 1 heterocycles. The van der Waals surface area contributed by atoms with Crippen LogP contribution in [0.1, 0.15) is 28.3 Å². The van der Waals surface area contributed by atoms with E-state index in [-0.39, 0.29) is 24.0 Å². The van der Waals surface area contributed by atoms with Crippen molar-refractivity contribution in [1.29, 1.82) is 0 Å². The van der Waals surface area contributed by atoms with Crippen LogP contribution < -0.4 is 10.1 Å². The fraction of sp³-hybridized carbons (Fsp3) is 0.348. The molecule has 0 amide bonds. The number of nitrogens with one attached hydrogen (secondary N) is 1. The van der Waals surface area contributed by atoms with Crippen LogP contribution in [-0.2, 0) is 26.7 Å². The van der Waals surface area contributed by atoms with Gasteiger partial charge in [-0.2, -0.15) is 0 Å². The van der Waals surface area contributed by atoms with Crippen LogP contribution in [0.5, 0.6) is 5.75 Å². The molecule has 0 aliphatic carbocycles. The topological polar surface area (TPSA) is 67.6 Å². The van der Waals surface area contributed by atoms with Crippen molar-refractivity contribution in [3.8, 4) is 5.75 Å². The number of rotatable bonds is 7. The van der Waals surface area contributed by atoms with Crippen molar-refractivity contribution in [2.45, 2.75) is 33.5 Å². The summed E-state index contributed by atoms with van der Waals surface area (Å²) >= 11 is 0. The van der Waals surface area contributed by atoms with Crippen molar-refractivity contribution in [1.82, 2.24) is 25.0 Å². The van der Waals surface area contributed by atoms with Crippen LogP contribution in [-0.4, -0.2) is 39.8 Å². The number of hydrogen-bond donors (Lipinski definition) is 1. The maximum absolute atomic E-state index is 5.24. The third kappa shape index (κ3) is 6.95. The van der Waals surface area contributed by atoms with Crippen molar-refractivity contribution in [3.05, 3.63) is 76.9 Å². The standard InChI is InChI=1S/C23H30N6O.HI/c1-17-6-8-20(9-7-17)16-28(3)23(25-15-22-27-26-18(2)29(22)4)24-14-19-10-12-21(30-5)13-11-19;/h6-13H,14-16H2,1-5H3,(H,24,25);1H. The molecule has 2 aromatic carbocycles. The lowest BCUT2D eigenvalue weighted by molar-refractivity contribution is 0.414. The molecule has 0 aliphatic heterocycles. The number of nitrogens with zero attached hydrogens (tertiary/aromatic N) is 5. The third-order valence-electron chi connectivity index (χ3n) is 5.06. The highest BCUT2D eigenvalue weighted by Crippen LogP contribution is 2.12. The quantitative estimate of drug-likeness (QED) is 0.284. The predicted molar refractivity (Wildman–Crippen MR) is 135 cm³/mol. The average Bonchev–Trinajstić information content (AvgIpc) is 3.08. The number of aromatic nitrogens is 3. The lowest BCUT2D eigenvalue weighted by atomic mass is 10.1. The molecule has 3 rings (SSSR count). The maximum Gasteiger partial charge on any atom is 0.194 e. The molecular weight excluding hydrogens is 503 g/mol. The van der Waals surface area contributed by atoms with Gasteiger partial charge in [-0.25, -0.2) is 4.99 Å². The van der Waals surface area contributed by atoms with Gasteiger partial charge in [-0.15, -0.1) is 34.2 Å². The number of halogens is 1. The molecule has 0 spiro atoms. The van der Waals surface area contributed by atoms with Gasteiger partial charge in [-0.3, -0.25) is 0 Å². The molecule has 0 aliphatic rings. The highest BCUT2D eigenvalue weighted by Gasteiger charge is 2.11. The van der Waals surface area contributed by atoms with E-state index < -0.39 is 0 Å². The normalized spacial score (nSPS) is 11.1. The molecule has 7 nitrogen and oxygen atoms in total. The van der Waals surface area contributed by atoms with E-state index in [0.717, 1.165) is 35.5 Å². The van der Waals surface area contributed by atoms with Gasteiger partial charge < -0.3 is 19.5 Å². The van der Waals surface area contributed by atoms with E-state index in [1.54, 1.807) is 7.11 Å². The Balaban J connectivity index is 0.00000341. The van der Waals surface area contributed by atoms with Crippen LogP contribution >= 0.6 is 24.0 Å². The van der Waals surface area contributed by atoms with Crippen LogP contribution in [0.3, 0.4) is 0 Å². The Morgan fingerprint density at radius 1 is 1.03 bits per heavy atom. The Hall–Kier alpha value is -2.62. The number of methoxy groups -OCH3 is 1. The molecular formula is C23H31IN6O. The summed E-state index contributed by atoms with van der Waals surface area (Å²) in [7, 11) is 5.68. The van der Waals surface area contributed by atoms with Gasteiger partial charge in [-0.1, -0.05) is 42.0 Å². The van der Waals surface area contributed by atoms with Crippen LogP contribution in [0.4, 0.5) is 0 Å². The van der Waals surface area contributed by atoms with Gasteiger partial charge in [0.2, 0.25) is 0 Å². The number of hydrogen-bond acceptors (Lipinski definition) is 4. The average molecular weight is 534 g/mol. The summed E-state index contributed by atoms with van der Waals surface area (Å²) in [4.78, 5) is 6.97. The zero-order valence-electron chi connectivity index (χ0n) is 18.8. The van der Waals surface area contributed by atoms with E-state index in [1.807, 2.05) is 49.9 Å². The molecule has 3 aromatic rings. The summed E-state index contributed by atoms with van der Waals surface area (Å²) in [5.41, 5.74) is 3.61. The smallest absolute Gasteiger partial charge is 0.194 e. The molecule has 8 heteroatoms. The summed E-state index contributed by atoms with van der Waals surface area (Å²) in [5.74, 6) is 3.41. The van der Waals surface area contributed by atoms with E-state index in [9.17, 15) is 0 Å². The molecule has 1 N–H and O–H groups in total. The Morgan fingerprint density at radius 3 is 2.26 bits per heavy atom. The van der Waals surface area contributed by atoms with Crippen LogP contribution in [0.15, 0.2) is 53.5 Å². The second-order valence-electron chi connectivity index (χ2n) is 7.41. The lowest BCUT2D eigenvalue weighted by Crippen LogP contribution is -2.38. The Kier molecular flexibility index (Phi) is 9.29. The second-order valence-corrected chi connectivity index (χ2v) is 7.41. The third-order valence-corrected chi connectivity index (χ3v) is 5.06. The minimum absolute atomic E-state index is 0. The van der Waals surface area contributed by atoms with Crippen LogP contribution in [0.25, 0.3) is 0 Å². The maximum atomic E-state index is 5.24. The van der Waals surface area contributed by atoms with Gasteiger partial charge in [0.1, 0.15) is 11.6 Å². The first-order valence-corrected chi connectivity index (χ1v) is 9.99. The molecule has 0 unspecified atom stereocenters. The molecule has 0 radical (unpaired) electrons. The minimum atomic E-state index is 0. The summed E-state index contributed by atoms with van der Waals surface area (Å²) < 4.78 is 7.22. The van der Waals surface area contributed by atoms with Crippen LogP contribution in [0.2, 0.25) is 0 Å². The van der Waals surface area contributed by atoms with E-state index >= 15 is 0 Å². The van der Waals surface area contributed by atoms with E-state index in [4.69, 9.17) is 9.73 Å². The molecule has 166 valence electrons. The predicted octanol–water partition coefficient (Wildman–Crippen LogP) is 3.84. The van der Waals surface area contributed by atoms with Crippen molar-refractivity contribution >= 4 is 29.9 Å². The van der Waals surface area contributed by atoms with Crippen molar-refractivity contribution in [3.63, 3.8) is 0 Å². The van der Waals surface area contributed by atoms with Crippen molar-refractivity contribution in [2.24, 2.45) is 12.0 Å². The largest absolute Gasteiger partial charge is 0.497 e. The number of guanidine groups is 1. The number of aliphatic imine (C=N–C) groups is 1. The summed E-state index contributed by atoms with van der Waals surface area (Å²) in [5, 5.41) is 11.8. The Bertz CT molecular complexity index is 982. The second kappa shape index (κ2) is 11.7. The lowest BCUT2D eigenvalue weighted by Gasteiger charge is -2.22. The zero-order chi connectivity index (χ0) is 21.5. The summed E-state index contributed by atoms with van der Waals surface area (Å²) in [6, 6.07) is 16.5. The fourth-order valence-electron chi connectivity index (χ4n) is 3.01. The number of ether oxygens (including phenoxy) is 1. The number of aryl methyl sites for hydroxylation is 2. The van der Waals surface area contributed by atoms with E-state index in [2.05, 4.69) is 51.6 Å². The van der Waals surface area contributed by atoms with Gasteiger partial charge in [0.15, 0.2) is 11.8 Å². The van der Waals surface area contributed by atoms with Gasteiger partial charge >= 0.3 is 0 Å². The van der Waals surface area contributed by atoms with E-state index in [0.29, 0.717) is 13.1 Å². The monoisotopic (exact) mass is 534 g/mol. The van der Waals surface area contributed by atoms with Crippen LogP contribution in [0, 0.1) is 13.8 Å². The molecule has 0 atom stereocenters. The van der Waals surface area contributed by atoms with Gasteiger partial charge in [-0.05, 0) is 37.1 Å². The van der Waals surface area contributed by atoms with E-state index in [1.165, 1.54) is 11.1 Å².